The topological polar surface area (TPSA) is 25.4 Å². The van der Waals surface area contributed by atoms with Crippen molar-refractivity contribution in [2.24, 2.45) is 0 Å². The minimum absolute atomic E-state index is 0.269. The summed E-state index contributed by atoms with van der Waals surface area (Å²) in [4.78, 5) is 6.42. The van der Waals surface area contributed by atoms with E-state index in [0.29, 0.717) is 16.2 Å². The molecular weight excluding hydrogens is 259 g/mol. The highest BCUT2D eigenvalue weighted by Crippen LogP contribution is 2.22. The maximum Gasteiger partial charge on any atom is 0.130 e. The zero-order valence-electron chi connectivity index (χ0n) is 9.99. The van der Waals surface area contributed by atoms with Crippen molar-refractivity contribution in [2.75, 3.05) is 13.2 Å². The Morgan fingerprint density at radius 1 is 1.47 bits per heavy atom. The molecule has 0 radical (unpaired) electrons. The van der Waals surface area contributed by atoms with Crippen LogP contribution in [0.15, 0.2) is 12.3 Å². The maximum atomic E-state index is 6.15. The van der Waals surface area contributed by atoms with Crippen molar-refractivity contribution < 1.29 is 4.74 Å². The SMILES string of the molecule is CC1CN(Cc2cnc(Cl)cc2Cl)C(C)CO1. The number of morpholine rings is 1. The average Bonchev–Trinajstić information content (AvgIpc) is 2.27. The van der Waals surface area contributed by atoms with Crippen LogP contribution in [0.3, 0.4) is 0 Å². The smallest absolute Gasteiger partial charge is 0.130 e. The van der Waals surface area contributed by atoms with Gasteiger partial charge in [0.25, 0.3) is 0 Å². The van der Waals surface area contributed by atoms with Crippen molar-refractivity contribution in [3.05, 3.63) is 28.0 Å². The minimum Gasteiger partial charge on any atom is -0.376 e. The Morgan fingerprint density at radius 3 is 2.94 bits per heavy atom. The van der Waals surface area contributed by atoms with Crippen LogP contribution < -0.4 is 0 Å². The monoisotopic (exact) mass is 274 g/mol. The molecule has 1 aliphatic heterocycles. The van der Waals surface area contributed by atoms with E-state index in [4.69, 9.17) is 27.9 Å². The van der Waals surface area contributed by atoms with Crippen molar-refractivity contribution >= 4 is 23.2 Å². The molecule has 0 bridgehead atoms. The fourth-order valence-electron chi connectivity index (χ4n) is 1.96. The molecule has 0 N–H and O–H groups in total. The Morgan fingerprint density at radius 2 is 2.24 bits per heavy atom. The van der Waals surface area contributed by atoms with Gasteiger partial charge in [-0.25, -0.2) is 4.98 Å². The Kier molecular flexibility index (Phi) is 4.26. The molecule has 94 valence electrons. The van der Waals surface area contributed by atoms with Crippen molar-refractivity contribution in [3.8, 4) is 0 Å². The summed E-state index contributed by atoms with van der Waals surface area (Å²) in [6.45, 7) is 6.71. The molecule has 1 fully saturated rings. The molecule has 2 atom stereocenters. The number of halogens is 2. The molecular formula is C12H16Cl2N2O. The second-order valence-electron chi connectivity index (χ2n) is 4.52. The molecule has 1 saturated heterocycles. The Bertz CT molecular complexity index is 400. The van der Waals surface area contributed by atoms with Gasteiger partial charge < -0.3 is 4.74 Å². The van der Waals surface area contributed by atoms with Crippen LogP contribution >= 0.6 is 23.2 Å². The van der Waals surface area contributed by atoms with Crippen LogP contribution in [0.1, 0.15) is 19.4 Å². The van der Waals surface area contributed by atoms with Crippen LogP contribution in [0.5, 0.6) is 0 Å². The van der Waals surface area contributed by atoms with Gasteiger partial charge >= 0.3 is 0 Å². The van der Waals surface area contributed by atoms with E-state index in [0.717, 1.165) is 25.3 Å². The van der Waals surface area contributed by atoms with Crippen molar-refractivity contribution in [2.45, 2.75) is 32.5 Å². The standard InChI is InChI=1S/C12H16Cl2N2O/c1-8-7-17-9(2)5-16(8)6-10-4-15-12(14)3-11(10)13/h3-4,8-9H,5-7H2,1-2H3. The lowest BCUT2D eigenvalue weighted by molar-refractivity contribution is -0.0526. The highest BCUT2D eigenvalue weighted by Gasteiger charge is 2.23. The zero-order chi connectivity index (χ0) is 12.4. The number of ether oxygens (including phenoxy) is 1. The highest BCUT2D eigenvalue weighted by atomic mass is 35.5. The van der Waals surface area contributed by atoms with Gasteiger partial charge in [0, 0.05) is 35.9 Å². The lowest BCUT2D eigenvalue weighted by Gasteiger charge is -2.36. The number of aromatic nitrogens is 1. The van der Waals surface area contributed by atoms with E-state index >= 15 is 0 Å². The van der Waals surface area contributed by atoms with Crippen molar-refractivity contribution in [1.82, 2.24) is 9.88 Å². The summed E-state index contributed by atoms with van der Waals surface area (Å²) in [6, 6.07) is 2.09. The molecule has 0 spiro atoms. The lowest BCUT2D eigenvalue weighted by Crippen LogP contribution is -2.46. The van der Waals surface area contributed by atoms with Gasteiger partial charge in [-0.1, -0.05) is 23.2 Å². The first-order chi connectivity index (χ1) is 8.06. The predicted molar refractivity (Wildman–Crippen MR) is 69.5 cm³/mol. The zero-order valence-corrected chi connectivity index (χ0v) is 11.5. The summed E-state index contributed by atoms with van der Waals surface area (Å²) in [5.74, 6) is 0. The largest absolute Gasteiger partial charge is 0.376 e. The van der Waals surface area contributed by atoms with E-state index in [1.54, 1.807) is 12.3 Å². The fourth-order valence-corrected chi connectivity index (χ4v) is 2.39. The van der Waals surface area contributed by atoms with E-state index in [9.17, 15) is 0 Å². The summed E-state index contributed by atoms with van der Waals surface area (Å²) in [5.41, 5.74) is 1.01. The van der Waals surface area contributed by atoms with Crippen molar-refractivity contribution in [1.29, 1.82) is 0 Å². The minimum atomic E-state index is 0.269. The van der Waals surface area contributed by atoms with Crippen LogP contribution in [0, 0.1) is 0 Å². The number of nitrogens with zero attached hydrogens (tertiary/aromatic N) is 2. The molecule has 1 aliphatic rings. The van der Waals surface area contributed by atoms with Gasteiger partial charge in [0.05, 0.1) is 12.7 Å². The van der Waals surface area contributed by atoms with Crippen LogP contribution in [0.2, 0.25) is 10.2 Å². The molecule has 17 heavy (non-hydrogen) atoms. The molecule has 5 heteroatoms. The highest BCUT2D eigenvalue weighted by molar-refractivity contribution is 6.34. The Labute approximate surface area is 112 Å². The Balaban J connectivity index is 2.08. The predicted octanol–water partition coefficient (Wildman–Crippen LogP) is 3.00. The number of hydrogen-bond donors (Lipinski definition) is 0. The van der Waals surface area contributed by atoms with Gasteiger partial charge in [-0.2, -0.15) is 0 Å². The van der Waals surface area contributed by atoms with Crippen molar-refractivity contribution in [3.63, 3.8) is 0 Å². The number of pyridine rings is 1. The van der Waals surface area contributed by atoms with E-state index in [2.05, 4.69) is 23.7 Å². The third-order valence-electron chi connectivity index (χ3n) is 3.01. The summed E-state index contributed by atoms with van der Waals surface area (Å²) in [7, 11) is 0. The lowest BCUT2D eigenvalue weighted by atomic mass is 10.1. The van der Waals surface area contributed by atoms with Gasteiger partial charge in [0.1, 0.15) is 5.15 Å². The van der Waals surface area contributed by atoms with E-state index in [-0.39, 0.29) is 6.10 Å². The summed E-state index contributed by atoms with van der Waals surface area (Å²) < 4.78 is 5.60. The second kappa shape index (κ2) is 5.53. The van der Waals surface area contributed by atoms with Gasteiger partial charge in [-0.3, -0.25) is 4.90 Å². The first kappa shape index (κ1) is 13.1. The summed E-state index contributed by atoms with van der Waals surface area (Å²) in [5, 5.41) is 1.11. The molecule has 2 rings (SSSR count). The molecule has 0 aromatic carbocycles. The summed E-state index contributed by atoms with van der Waals surface area (Å²) in [6.07, 6.45) is 2.02. The number of rotatable bonds is 2. The molecule has 0 saturated carbocycles. The maximum absolute atomic E-state index is 6.15. The molecule has 2 heterocycles. The molecule has 2 unspecified atom stereocenters. The van der Waals surface area contributed by atoms with E-state index < -0.39 is 0 Å². The Hall–Kier alpha value is -0.350. The average molecular weight is 275 g/mol. The van der Waals surface area contributed by atoms with Crippen LogP contribution in [0.4, 0.5) is 0 Å². The molecule has 0 aliphatic carbocycles. The molecule has 1 aromatic rings. The van der Waals surface area contributed by atoms with E-state index in [1.807, 2.05) is 0 Å². The van der Waals surface area contributed by atoms with Crippen LogP contribution in [0.25, 0.3) is 0 Å². The third-order valence-corrected chi connectivity index (χ3v) is 3.57. The van der Waals surface area contributed by atoms with Gasteiger partial charge in [-0.15, -0.1) is 0 Å². The molecule has 3 nitrogen and oxygen atoms in total. The van der Waals surface area contributed by atoms with Gasteiger partial charge in [0.15, 0.2) is 0 Å². The fraction of sp³-hybridized carbons (Fsp3) is 0.583. The van der Waals surface area contributed by atoms with E-state index in [1.165, 1.54) is 0 Å². The third kappa shape index (κ3) is 3.32. The normalized spacial score (nSPS) is 26.1. The van der Waals surface area contributed by atoms with Crippen LogP contribution in [-0.4, -0.2) is 35.2 Å². The second-order valence-corrected chi connectivity index (χ2v) is 5.32. The first-order valence-electron chi connectivity index (χ1n) is 5.72. The van der Waals surface area contributed by atoms with Gasteiger partial charge in [0.2, 0.25) is 0 Å². The molecule has 1 aromatic heterocycles. The van der Waals surface area contributed by atoms with Gasteiger partial charge in [-0.05, 0) is 19.9 Å². The first-order valence-corrected chi connectivity index (χ1v) is 6.47. The molecule has 0 amide bonds. The number of hydrogen-bond acceptors (Lipinski definition) is 3. The summed E-state index contributed by atoms with van der Waals surface area (Å²) >= 11 is 11.9. The van der Waals surface area contributed by atoms with Crippen LogP contribution in [-0.2, 0) is 11.3 Å². The quantitative estimate of drug-likeness (QED) is 0.776.